The summed E-state index contributed by atoms with van der Waals surface area (Å²) >= 11 is 0. The molecule has 80 valence electrons. The van der Waals surface area contributed by atoms with Crippen molar-refractivity contribution in [1.82, 2.24) is 0 Å². The molecule has 0 heterocycles. The molecule has 1 atom stereocenters. The summed E-state index contributed by atoms with van der Waals surface area (Å²) in [6.45, 7) is 2.22. The number of hydrogen-bond donors (Lipinski definition) is 1. The Morgan fingerprint density at radius 3 is 2.67 bits per heavy atom. The largest absolute Gasteiger partial charge is 0.368 e. The van der Waals surface area contributed by atoms with E-state index in [1.54, 1.807) is 6.92 Å². The molecule has 4 nitrogen and oxygen atoms in total. The van der Waals surface area contributed by atoms with Crippen LogP contribution in [0, 0.1) is 0 Å². The fourth-order valence-electron chi connectivity index (χ4n) is 1.06. The van der Waals surface area contributed by atoms with Gasteiger partial charge in [0.1, 0.15) is 6.04 Å². The van der Waals surface area contributed by atoms with Crippen LogP contribution in [0.1, 0.15) is 12.5 Å². The molecule has 2 N–H and O–H groups in total. The average molecular weight is 205 g/mol. The van der Waals surface area contributed by atoms with Crippen LogP contribution in [0.4, 0.5) is 0 Å². The Morgan fingerprint density at radius 2 is 2.07 bits per heavy atom. The van der Waals surface area contributed by atoms with E-state index >= 15 is 0 Å². The molecule has 1 aromatic carbocycles. The molecule has 0 aliphatic carbocycles. The summed E-state index contributed by atoms with van der Waals surface area (Å²) in [5.41, 5.74) is 6.25. The lowest BCUT2D eigenvalue weighted by Gasteiger charge is -1.98. The number of carbonyl (C=O) groups is 1. The Bertz CT molecular complexity index is 335. The molecule has 0 aliphatic rings. The second-order valence-corrected chi connectivity index (χ2v) is 3.29. The van der Waals surface area contributed by atoms with Crippen LogP contribution in [0.15, 0.2) is 40.6 Å². The number of nitrogens with zero attached hydrogens (tertiary/aromatic N) is 2. The highest BCUT2D eigenvalue weighted by molar-refractivity contribution is 5.79. The highest BCUT2D eigenvalue weighted by Gasteiger charge is 2.04. The van der Waals surface area contributed by atoms with Gasteiger partial charge < -0.3 is 5.73 Å². The van der Waals surface area contributed by atoms with E-state index in [1.807, 2.05) is 30.3 Å². The van der Waals surface area contributed by atoms with Crippen LogP contribution >= 0.6 is 0 Å². The molecule has 0 radical (unpaired) electrons. The molecule has 1 aromatic rings. The summed E-state index contributed by atoms with van der Waals surface area (Å²) in [6.07, 6.45) is 0.829. The van der Waals surface area contributed by atoms with Gasteiger partial charge >= 0.3 is 0 Å². The molecule has 1 amide bonds. The van der Waals surface area contributed by atoms with Gasteiger partial charge in [0.2, 0.25) is 5.91 Å². The van der Waals surface area contributed by atoms with Crippen LogP contribution in [-0.2, 0) is 11.2 Å². The van der Waals surface area contributed by atoms with Gasteiger partial charge in [-0.15, -0.1) is 0 Å². The Labute approximate surface area is 89.2 Å². The third-order valence-electron chi connectivity index (χ3n) is 2.01. The second-order valence-electron chi connectivity index (χ2n) is 3.29. The molecule has 0 spiro atoms. The number of amides is 1. The first-order valence-corrected chi connectivity index (χ1v) is 4.90. The predicted molar refractivity (Wildman–Crippen MR) is 58.5 cm³/mol. The Balaban J connectivity index is 2.31. The zero-order valence-corrected chi connectivity index (χ0v) is 8.76. The molecule has 15 heavy (non-hydrogen) atoms. The SMILES string of the molecule is CC(N=NCCc1ccccc1)C(N)=O. The molecule has 0 aliphatic heterocycles. The minimum atomic E-state index is -0.527. The van der Waals surface area contributed by atoms with Crippen molar-refractivity contribution in [3.8, 4) is 0 Å². The van der Waals surface area contributed by atoms with E-state index < -0.39 is 11.9 Å². The van der Waals surface area contributed by atoms with Gasteiger partial charge in [-0.25, -0.2) is 0 Å². The number of rotatable bonds is 5. The standard InChI is InChI=1S/C11H15N3O/c1-9(11(12)15)14-13-8-7-10-5-3-2-4-6-10/h2-6,9H,7-8H2,1H3,(H2,12,15). The summed E-state index contributed by atoms with van der Waals surface area (Å²) in [4.78, 5) is 10.6. The molecule has 1 unspecified atom stereocenters. The smallest absolute Gasteiger partial charge is 0.243 e. The lowest BCUT2D eigenvalue weighted by molar-refractivity contribution is -0.118. The third-order valence-corrected chi connectivity index (χ3v) is 2.01. The number of hydrogen-bond acceptors (Lipinski definition) is 3. The topological polar surface area (TPSA) is 67.8 Å². The zero-order chi connectivity index (χ0) is 11.1. The Morgan fingerprint density at radius 1 is 1.40 bits per heavy atom. The van der Waals surface area contributed by atoms with E-state index in [2.05, 4.69) is 10.2 Å². The maximum absolute atomic E-state index is 10.6. The molecular formula is C11H15N3O. The van der Waals surface area contributed by atoms with Crippen molar-refractivity contribution < 1.29 is 4.79 Å². The monoisotopic (exact) mass is 205 g/mol. The fraction of sp³-hybridized carbons (Fsp3) is 0.364. The van der Waals surface area contributed by atoms with Crippen LogP contribution in [-0.4, -0.2) is 18.5 Å². The lowest BCUT2D eigenvalue weighted by atomic mass is 10.2. The summed E-state index contributed by atoms with van der Waals surface area (Å²) in [6, 6.07) is 9.48. The molecule has 0 saturated heterocycles. The number of azo groups is 1. The van der Waals surface area contributed by atoms with Crippen molar-refractivity contribution >= 4 is 5.91 Å². The number of benzene rings is 1. The highest BCUT2D eigenvalue weighted by Crippen LogP contribution is 2.00. The van der Waals surface area contributed by atoms with E-state index in [-0.39, 0.29) is 0 Å². The average Bonchev–Trinajstić information content (AvgIpc) is 2.25. The molecule has 1 rings (SSSR count). The van der Waals surface area contributed by atoms with E-state index in [4.69, 9.17) is 5.73 Å². The minimum Gasteiger partial charge on any atom is -0.368 e. The summed E-state index contributed by atoms with van der Waals surface area (Å²) in [5.74, 6) is -0.446. The first-order valence-electron chi connectivity index (χ1n) is 4.90. The maximum Gasteiger partial charge on any atom is 0.243 e. The maximum atomic E-state index is 10.6. The first kappa shape index (κ1) is 11.4. The highest BCUT2D eigenvalue weighted by atomic mass is 16.1. The van der Waals surface area contributed by atoms with Gasteiger partial charge in [-0.3, -0.25) is 4.79 Å². The summed E-state index contributed by atoms with van der Waals surface area (Å²) < 4.78 is 0. The van der Waals surface area contributed by atoms with Crippen molar-refractivity contribution in [3.63, 3.8) is 0 Å². The number of primary amides is 1. The quantitative estimate of drug-likeness (QED) is 0.728. The van der Waals surface area contributed by atoms with Gasteiger partial charge in [-0.05, 0) is 18.9 Å². The van der Waals surface area contributed by atoms with Crippen LogP contribution in [0.2, 0.25) is 0 Å². The van der Waals surface area contributed by atoms with Crippen molar-refractivity contribution in [2.45, 2.75) is 19.4 Å². The first-order chi connectivity index (χ1) is 7.20. The number of nitrogens with two attached hydrogens (primary N) is 1. The van der Waals surface area contributed by atoms with Crippen molar-refractivity contribution in [1.29, 1.82) is 0 Å². The van der Waals surface area contributed by atoms with Crippen LogP contribution in [0.3, 0.4) is 0 Å². The van der Waals surface area contributed by atoms with Gasteiger partial charge in [0.15, 0.2) is 0 Å². The Kier molecular flexibility index (Phi) is 4.47. The van der Waals surface area contributed by atoms with Gasteiger partial charge in [0, 0.05) is 0 Å². The molecule has 0 aromatic heterocycles. The molecular weight excluding hydrogens is 190 g/mol. The summed E-state index contributed by atoms with van der Waals surface area (Å²) in [5, 5.41) is 7.70. The third kappa shape index (κ3) is 4.35. The lowest BCUT2D eigenvalue weighted by Crippen LogP contribution is -2.23. The number of carbonyl (C=O) groups excluding carboxylic acids is 1. The van der Waals surface area contributed by atoms with Gasteiger partial charge in [-0.1, -0.05) is 30.3 Å². The zero-order valence-electron chi connectivity index (χ0n) is 8.76. The Hall–Kier alpha value is -1.71. The predicted octanol–water partition coefficient (Wildman–Crippen LogP) is 1.56. The van der Waals surface area contributed by atoms with E-state index in [0.717, 1.165) is 6.42 Å². The van der Waals surface area contributed by atoms with E-state index in [0.29, 0.717) is 6.54 Å². The summed E-state index contributed by atoms with van der Waals surface area (Å²) in [7, 11) is 0. The molecule has 0 fully saturated rings. The second kappa shape index (κ2) is 5.90. The van der Waals surface area contributed by atoms with Gasteiger partial charge in [0.25, 0.3) is 0 Å². The van der Waals surface area contributed by atoms with Crippen LogP contribution in [0.25, 0.3) is 0 Å². The molecule has 0 bridgehead atoms. The van der Waals surface area contributed by atoms with Crippen molar-refractivity contribution in [2.24, 2.45) is 16.0 Å². The van der Waals surface area contributed by atoms with Crippen LogP contribution in [0.5, 0.6) is 0 Å². The van der Waals surface area contributed by atoms with Crippen molar-refractivity contribution in [3.05, 3.63) is 35.9 Å². The van der Waals surface area contributed by atoms with Crippen LogP contribution < -0.4 is 5.73 Å². The molecule has 0 saturated carbocycles. The van der Waals surface area contributed by atoms with E-state index in [1.165, 1.54) is 5.56 Å². The normalized spacial score (nSPS) is 12.9. The van der Waals surface area contributed by atoms with Gasteiger partial charge in [-0.2, -0.15) is 10.2 Å². The fourth-order valence-corrected chi connectivity index (χ4v) is 1.06. The minimum absolute atomic E-state index is 0.446. The molecule has 4 heteroatoms. The van der Waals surface area contributed by atoms with Gasteiger partial charge in [0.05, 0.1) is 6.54 Å². The van der Waals surface area contributed by atoms with Crippen molar-refractivity contribution in [2.75, 3.05) is 6.54 Å². The van der Waals surface area contributed by atoms with E-state index in [9.17, 15) is 4.79 Å².